The molecule has 0 unspecified atom stereocenters. The molecule has 3 aromatic carbocycles. The maximum Gasteiger partial charge on any atom is 0.338 e. The van der Waals surface area contributed by atoms with Gasteiger partial charge in [-0.25, -0.2) is 9.78 Å². The number of amides is 1. The van der Waals surface area contributed by atoms with Crippen LogP contribution in [0.4, 0.5) is 5.69 Å². The SMILES string of the molecule is CCOC(=O)c1ccc(NC(=O)CSc2nnc(-c3ccc(Br)cc3)c(-c3ccc(Br)cc3)n2)cc1. The van der Waals surface area contributed by atoms with Gasteiger partial charge in [-0.1, -0.05) is 67.9 Å². The highest BCUT2D eigenvalue weighted by molar-refractivity contribution is 9.10. The third-order valence-corrected chi connectivity index (χ3v) is 6.81. The summed E-state index contributed by atoms with van der Waals surface area (Å²) in [4.78, 5) is 29.0. The first-order chi connectivity index (χ1) is 17.4. The lowest BCUT2D eigenvalue weighted by Crippen LogP contribution is -2.14. The fourth-order valence-electron chi connectivity index (χ4n) is 3.21. The first-order valence-electron chi connectivity index (χ1n) is 10.9. The van der Waals surface area contributed by atoms with E-state index in [4.69, 9.17) is 9.72 Å². The number of rotatable bonds is 8. The number of esters is 1. The number of anilines is 1. The first-order valence-corrected chi connectivity index (χ1v) is 13.5. The number of aromatic nitrogens is 3. The number of thioether (sulfide) groups is 1. The van der Waals surface area contributed by atoms with Crippen LogP contribution in [0.3, 0.4) is 0 Å². The van der Waals surface area contributed by atoms with E-state index in [9.17, 15) is 9.59 Å². The van der Waals surface area contributed by atoms with Gasteiger partial charge in [0.05, 0.1) is 17.9 Å². The van der Waals surface area contributed by atoms with Crippen LogP contribution in [0.2, 0.25) is 0 Å². The summed E-state index contributed by atoms with van der Waals surface area (Å²) in [6, 6.07) is 22.1. The minimum Gasteiger partial charge on any atom is -0.462 e. The van der Waals surface area contributed by atoms with E-state index in [1.54, 1.807) is 31.2 Å². The highest BCUT2D eigenvalue weighted by Crippen LogP contribution is 2.31. The second kappa shape index (κ2) is 12.2. The zero-order chi connectivity index (χ0) is 25.5. The van der Waals surface area contributed by atoms with Gasteiger partial charge in [0.1, 0.15) is 11.4 Å². The van der Waals surface area contributed by atoms with Gasteiger partial charge in [0.2, 0.25) is 11.1 Å². The zero-order valence-electron chi connectivity index (χ0n) is 19.1. The number of hydrogen-bond donors (Lipinski definition) is 1. The molecule has 0 fully saturated rings. The van der Waals surface area contributed by atoms with Crippen LogP contribution in [0.5, 0.6) is 0 Å². The van der Waals surface area contributed by atoms with Crippen molar-refractivity contribution in [1.82, 2.24) is 15.2 Å². The number of carbonyl (C=O) groups is 2. The summed E-state index contributed by atoms with van der Waals surface area (Å²) in [5.74, 6) is -0.531. The van der Waals surface area contributed by atoms with Gasteiger partial charge < -0.3 is 10.1 Å². The molecule has 10 heteroatoms. The van der Waals surface area contributed by atoms with Gasteiger partial charge in [-0.2, -0.15) is 0 Å². The van der Waals surface area contributed by atoms with E-state index in [2.05, 4.69) is 47.4 Å². The standard InChI is InChI=1S/C26H20Br2N4O3S/c1-2-35-25(34)18-7-13-21(14-8-18)29-22(33)15-36-26-30-23(16-3-9-19(27)10-4-16)24(31-32-26)17-5-11-20(28)12-6-17/h3-14H,2,15H2,1H3,(H,29,33). The number of nitrogens with one attached hydrogen (secondary N) is 1. The zero-order valence-corrected chi connectivity index (χ0v) is 23.1. The van der Waals surface area contributed by atoms with E-state index < -0.39 is 5.97 Å². The summed E-state index contributed by atoms with van der Waals surface area (Å²) in [6.07, 6.45) is 0. The topological polar surface area (TPSA) is 94.1 Å². The monoisotopic (exact) mass is 626 g/mol. The molecular weight excluding hydrogens is 608 g/mol. The molecule has 36 heavy (non-hydrogen) atoms. The van der Waals surface area contributed by atoms with Gasteiger partial charge in [-0.3, -0.25) is 4.79 Å². The molecule has 1 N–H and O–H groups in total. The molecule has 0 aliphatic heterocycles. The summed E-state index contributed by atoms with van der Waals surface area (Å²) in [7, 11) is 0. The molecule has 0 atom stereocenters. The molecule has 0 radical (unpaired) electrons. The van der Waals surface area contributed by atoms with Crippen LogP contribution in [0.1, 0.15) is 17.3 Å². The molecule has 4 rings (SSSR count). The Morgan fingerprint density at radius 2 is 1.42 bits per heavy atom. The number of halogens is 2. The van der Waals surface area contributed by atoms with Crippen LogP contribution >= 0.6 is 43.6 Å². The van der Waals surface area contributed by atoms with Crippen molar-refractivity contribution in [1.29, 1.82) is 0 Å². The van der Waals surface area contributed by atoms with Crippen molar-refractivity contribution in [2.75, 3.05) is 17.7 Å². The first kappa shape index (κ1) is 26.0. The molecule has 7 nitrogen and oxygen atoms in total. The fourth-order valence-corrected chi connectivity index (χ4v) is 4.33. The molecule has 4 aromatic rings. The Morgan fingerprint density at radius 3 is 2.00 bits per heavy atom. The Balaban J connectivity index is 1.49. The second-order valence-electron chi connectivity index (χ2n) is 7.44. The number of ether oxygens (including phenoxy) is 1. The lowest BCUT2D eigenvalue weighted by molar-refractivity contribution is -0.113. The average molecular weight is 628 g/mol. The Morgan fingerprint density at radius 1 is 0.833 bits per heavy atom. The molecule has 0 aliphatic rings. The molecule has 1 aromatic heterocycles. The maximum absolute atomic E-state index is 12.5. The van der Waals surface area contributed by atoms with Crippen LogP contribution in [0.25, 0.3) is 22.5 Å². The Labute approximate surface area is 229 Å². The van der Waals surface area contributed by atoms with Crippen LogP contribution in [-0.2, 0) is 9.53 Å². The minimum atomic E-state index is -0.399. The summed E-state index contributed by atoms with van der Waals surface area (Å²) in [5.41, 5.74) is 4.11. The highest BCUT2D eigenvalue weighted by atomic mass is 79.9. The second-order valence-corrected chi connectivity index (χ2v) is 10.2. The molecule has 182 valence electrons. The van der Waals surface area contributed by atoms with Gasteiger partial charge in [-0.05, 0) is 55.5 Å². The van der Waals surface area contributed by atoms with Crippen LogP contribution in [0, 0.1) is 0 Å². The smallest absolute Gasteiger partial charge is 0.338 e. The van der Waals surface area contributed by atoms with Crippen LogP contribution in [0.15, 0.2) is 86.9 Å². The molecule has 1 heterocycles. The van der Waals surface area contributed by atoms with E-state index in [0.29, 0.717) is 34.4 Å². The molecular formula is C26H20Br2N4O3S. The highest BCUT2D eigenvalue weighted by Gasteiger charge is 2.15. The average Bonchev–Trinajstić information content (AvgIpc) is 2.89. The van der Waals surface area contributed by atoms with Crippen molar-refractivity contribution < 1.29 is 14.3 Å². The summed E-state index contributed by atoms with van der Waals surface area (Å²) in [6.45, 7) is 2.05. The van der Waals surface area contributed by atoms with E-state index in [1.807, 2.05) is 48.5 Å². The molecule has 0 aliphatic carbocycles. The molecule has 1 amide bonds. The number of carbonyl (C=O) groups excluding carboxylic acids is 2. The molecule has 0 saturated heterocycles. The van der Waals surface area contributed by atoms with Gasteiger partial charge in [0, 0.05) is 25.8 Å². The molecule has 0 saturated carbocycles. The van der Waals surface area contributed by atoms with Gasteiger partial charge in [0.15, 0.2) is 0 Å². The van der Waals surface area contributed by atoms with Gasteiger partial charge >= 0.3 is 5.97 Å². The molecule has 0 spiro atoms. The normalized spacial score (nSPS) is 10.6. The van der Waals surface area contributed by atoms with Gasteiger partial charge in [-0.15, -0.1) is 10.2 Å². The number of hydrogen-bond acceptors (Lipinski definition) is 7. The third-order valence-electron chi connectivity index (χ3n) is 4.91. The lowest BCUT2D eigenvalue weighted by Gasteiger charge is -2.10. The largest absolute Gasteiger partial charge is 0.462 e. The van der Waals surface area contributed by atoms with Gasteiger partial charge in [0.25, 0.3) is 0 Å². The van der Waals surface area contributed by atoms with E-state index >= 15 is 0 Å². The summed E-state index contributed by atoms with van der Waals surface area (Å²) in [5, 5.41) is 11.9. The fraction of sp³-hybridized carbons (Fsp3) is 0.115. The number of benzene rings is 3. The van der Waals surface area contributed by atoms with Crippen molar-refractivity contribution in [3.05, 3.63) is 87.3 Å². The van der Waals surface area contributed by atoms with Crippen molar-refractivity contribution >= 4 is 61.2 Å². The van der Waals surface area contributed by atoms with E-state index in [-0.39, 0.29) is 11.7 Å². The number of nitrogens with zero attached hydrogens (tertiary/aromatic N) is 3. The Bertz CT molecular complexity index is 1370. The van der Waals surface area contributed by atoms with Crippen molar-refractivity contribution in [2.45, 2.75) is 12.1 Å². The quantitative estimate of drug-likeness (QED) is 0.173. The Hall–Kier alpha value is -3.08. The van der Waals surface area contributed by atoms with Crippen molar-refractivity contribution in [2.24, 2.45) is 0 Å². The van der Waals surface area contributed by atoms with E-state index in [0.717, 1.165) is 20.1 Å². The maximum atomic E-state index is 12.5. The van der Waals surface area contributed by atoms with Crippen molar-refractivity contribution in [3.63, 3.8) is 0 Å². The predicted molar refractivity (Wildman–Crippen MR) is 148 cm³/mol. The van der Waals surface area contributed by atoms with Crippen molar-refractivity contribution in [3.8, 4) is 22.5 Å². The van der Waals surface area contributed by atoms with Crippen LogP contribution in [-0.4, -0.2) is 39.4 Å². The molecule has 0 bridgehead atoms. The third kappa shape index (κ3) is 6.77. The predicted octanol–water partition coefficient (Wildman–Crippen LogP) is 6.64. The summed E-state index contributed by atoms with van der Waals surface area (Å²) >= 11 is 8.11. The summed E-state index contributed by atoms with van der Waals surface area (Å²) < 4.78 is 6.89. The van der Waals surface area contributed by atoms with E-state index in [1.165, 1.54) is 11.8 Å². The Kier molecular flexibility index (Phi) is 8.84. The van der Waals surface area contributed by atoms with Crippen LogP contribution < -0.4 is 5.32 Å². The lowest BCUT2D eigenvalue weighted by atomic mass is 10.0. The minimum absolute atomic E-state index is 0.0959.